The summed E-state index contributed by atoms with van der Waals surface area (Å²) in [5, 5.41) is 15.8. The van der Waals surface area contributed by atoms with Crippen LogP contribution in [-0.4, -0.2) is 111 Å². The first-order valence-corrected chi connectivity index (χ1v) is 1.55. The van der Waals surface area contributed by atoms with E-state index in [0.717, 1.165) is 0 Å². The Morgan fingerprint density at radius 3 is 1.40 bits per heavy atom. The summed E-state index contributed by atoms with van der Waals surface area (Å²) in [6.45, 7) is 1.20. The summed E-state index contributed by atoms with van der Waals surface area (Å²) in [4.78, 5) is 9.45. The second-order valence-corrected chi connectivity index (χ2v) is 1.01. The maximum absolute atomic E-state index is 9.45. The zero-order chi connectivity index (χ0) is 5.15. The minimum absolute atomic E-state index is 0. The molecular weight excluding hydrogens is 244 g/mol. The molecule has 0 radical (unpaired) electrons. The zero-order valence-electron chi connectivity index (χ0n) is 3.88. The molecule has 46 valence electrons. The van der Waals surface area contributed by atoms with Gasteiger partial charge in [0.1, 0.15) is 6.10 Å². The van der Waals surface area contributed by atoms with Crippen molar-refractivity contribution < 1.29 is 41.2 Å². The molecule has 0 fully saturated rings. The number of carboxylic acids is 1. The molecule has 0 saturated carbocycles. The molecule has 1 unspecified atom stereocenters. The molecule has 0 rings (SSSR count). The fraction of sp³-hybridized carbons (Fsp3) is 0.667. The zero-order valence-corrected chi connectivity index (χ0v) is 6.34. The number of carbonyl (C=O) groups is 1. The minimum atomic E-state index is -1.23. The van der Waals surface area contributed by atoms with E-state index < -0.39 is 12.1 Å². The predicted molar refractivity (Wildman–Crippen MR) is 40.8 cm³/mol. The summed E-state index contributed by atoms with van der Waals surface area (Å²) < 4.78 is 0. The number of aliphatic hydroxyl groups is 1. The van der Waals surface area contributed by atoms with Crippen LogP contribution in [0.5, 0.6) is 0 Å². The molecule has 0 bridgehead atoms. The van der Waals surface area contributed by atoms with E-state index in [0.29, 0.717) is 0 Å². The van der Waals surface area contributed by atoms with Crippen LogP contribution in [0.3, 0.4) is 0 Å². The largest absolute Gasteiger partial charge is 0 e. The molecule has 1 atom stereocenters. The van der Waals surface area contributed by atoms with Crippen molar-refractivity contribution in [2.45, 2.75) is 13.0 Å². The van der Waals surface area contributed by atoms with Crippen molar-refractivity contribution in [2.24, 2.45) is 0 Å². The first-order chi connectivity index (χ1) is 2.64. The van der Waals surface area contributed by atoms with E-state index >= 15 is 0 Å². The monoisotopic (exact) mass is 252 g/mol. The van der Waals surface area contributed by atoms with Crippen molar-refractivity contribution in [3.8, 4) is 0 Å². The summed E-state index contributed by atoms with van der Waals surface area (Å²) in [5.41, 5.74) is 0. The number of aliphatic carboxylic acids is 1. The quantitative estimate of drug-likeness (QED) is 0.508. The Hall–Kier alpha value is 3.31. The van der Waals surface area contributed by atoms with Crippen LogP contribution < -0.4 is 0 Å². The molecule has 0 aliphatic heterocycles. The molecule has 0 aromatic heterocycles. The summed E-state index contributed by atoms with van der Waals surface area (Å²) in [6, 6.07) is 0. The SMILES string of the molecule is CC(O)C(=O)O.[NaH].[NaH].[NaH].[Zr]. The Kier molecular flexibility index (Phi) is 53.1. The van der Waals surface area contributed by atoms with Gasteiger partial charge >= 0.3 is 94.6 Å². The Morgan fingerprint density at radius 1 is 1.30 bits per heavy atom. The van der Waals surface area contributed by atoms with Crippen LogP contribution in [0.15, 0.2) is 0 Å². The molecule has 3 nitrogen and oxygen atoms in total. The molecule has 7 heteroatoms. The predicted octanol–water partition coefficient (Wildman–Crippen LogP) is -2.50. The Labute approximate surface area is 146 Å². The molecule has 0 amide bonds. The van der Waals surface area contributed by atoms with Crippen LogP contribution in [0.4, 0.5) is 0 Å². The van der Waals surface area contributed by atoms with E-state index in [1.54, 1.807) is 0 Å². The number of hydrogen-bond acceptors (Lipinski definition) is 2. The average molecular weight is 253 g/mol. The van der Waals surface area contributed by atoms with Crippen molar-refractivity contribution in [3.05, 3.63) is 0 Å². The number of carboxylic acid groups (broad SMARTS) is 1. The van der Waals surface area contributed by atoms with Crippen LogP contribution in [0.1, 0.15) is 6.92 Å². The van der Waals surface area contributed by atoms with Crippen LogP contribution in [-0.2, 0) is 31.0 Å². The first kappa shape index (κ1) is 29.2. The number of aliphatic hydroxyl groups excluding tert-OH is 1. The second-order valence-electron chi connectivity index (χ2n) is 1.01. The van der Waals surface area contributed by atoms with E-state index in [1.165, 1.54) is 6.92 Å². The Bertz CT molecular complexity index is 70.0. The van der Waals surface area contributed by atoms with E-state index in [2.05, 4.69) is 0 Å². The Morgan fingerprint density at radius 2 is 1.40 bits per heavy atom. The third kappa shape index (κ3) is 22.5. The molecule has 0 spiro atoms. The molecule has 2 N–H and O–H groups in total. The number of hydrogen-bond donors (Lipinski definition) is 2. The molecule has 0 heterocycles. The van der Waals surface area contributed by atoms with Gasteiger partial charge in [0.05, 0.1) is 0 Å². The van der Waals surface area contributed by atoms with Gasteiger partial charge in [-0.15, -0.1) is 0 Å². The molecule has 10 heavy (non-hydrogen) atoms. The van der Waals surface area contributed by atoms with Gasteiger partial charge < -0.3 is 10.2 Å². The molecule has 0 aromatic carbocycles. The summed E-state index contributed by atoms with van der Waals surface area (Å²) in [5.74, 6) is -1.19. The van der Waals surface area contributed by atoms with Crippen LogP contribution >= 0.6 is 0 Å². The van der Waals surface area contributed by atoms with Gasteiger partial charge in [-0.05, 0) is 6.92 Å². The third-order valence-electron chi connectivity index (χ3n) is 0.357. The fourth-order valence-electron chi connectivity index (χ4n) is 0. The van der Waals surface area contributed by atoms with Gasteiger partial charge in [-0.3, -0.25) is 0 Å². The number of rotatable bonds is 1. The topological polar surface area (TPSA) is 57.5 Å². The summed E-state index contributed by atoms with van der Waals surface area (Å²) >= 11 is 0. The van der Waals surface area contributed by atoms with E-state index in [4.69, 9.17) is 10.2 Å². The van der Waals surface area contributed by atoms with E-state index in [-0.39, 0.29) is 115 Å². The maximum atomic E-state index is 9.45. The average Bonchev–Trinajstić information content (AvgIpc) is 1.36. The normalized spacial score (nSPS) is 8.20. The molecule has 0 aliphatic carbocycles. The molecule has 0 aliphatic rings. The third-order valence-corrected chi connectivity index (χ3v) is 0.357. The van der Waals surface area contributed by atoms with E-state index in [1.807, 2.05) is 0 Å². The van der Waals surface area contributed by atoms with Crippen LogP contribution in [0, 0.1) is 0 Å². The van der Waals surface area contributed by atoms with Gasteiger partial charge in [-0.2, -0.15) is 0 Å². The fourth-order valence-corrected chi connectivity index (χ4v) is 0. The maximum Gasteiger partial charge on any atom is 0 e. The molecule has 0 saturated heterocycles. The summed E-state index contributed by atoms with van der Waals surface area (Å²) in [6.07, 6.45) is -1.23. The van der Waals surface area contributed by atoms with Crippen LogP contribution in [0.2, 0.25) is 0 Å². The Balaban J connectivity index is -0.0000000208. The van der Waals surface area contributed by atoms with Gasteiger partial charge in [0.2, 0.25) is 0 Å². The van der Waals surface area contributed by atoms with Gasteiger partial charge in [-0.25, -0.2) is 4.79 Å². The van der Waals surface area contributed by atoms with Gasteiger partial charge in [0.25, 0.3) is 0 Å². The second kappa shape index (κ2) is 18.2. The minimum Gasteiger partial charge on any atom is 0 e. The molecule has 0 aromatic rings. The van der Waals surface area contributed by atoms with Crippen molar-refractivity contribution in [1.82, 2.24) is 0 Å². The van der Waals surface area contributed by atoms with Gasteiger partial charge in [0.15, 0.2) is 0 Å². The van der Waals surface area contributed by atoms with Crippen molar-refractivity contribution in [3.63, 3.8) is 0 Å². The summed E-state index contributed by atoms with van der Waals surface area (Å²) in [7, 11) is 0. The first-order valence-electron chi connectivity index (χ1n) is 1.55. The van der Waals surface area contributed by atoms with Crippen molar-refractivity contribution in [2.75, 3.05) is 0 Å². The van der Waals surface area contributed by atoms with Gasteiger partial charge in [0, 0.05) is 26.2 Å². The van der Waals surface area contributed by atoms with Gasteiger partial charge in [-0.1, -0.05) is 0 Å². The van der Waals surface area contributed by atoms with Crippen molar-refractivity contribution in [1.29, 1.82) is 0 Å². The van der Waals surface area contributed by atoms with Crippen molar-refractivity contribution >= 4 is 94.6 Å². The molecular formula is C3H9Na3O3Zr. The smallest absolute Gasteiger partial charge is 0 e. The van der Waals surface area contributed by atoms with E-state index in [9.17, 15) is 4.79 Å². The van der Waals surface area contributed by atoms with Crippen LogP contribution in [0.25, 0.3) is 0 Å². The standard InChI is InChI=1S/C3H6O3.3Na.Zr.3H/c1-2(4)3(5)6;;;;;;;/h2,4H,1H3,(H,5,6);;;;;;;.